The predicted octanol–water partition coefficient (Wildman–Crippen LogP) is 4.76. The van der Waals surface area contributed by atoms with E-state index in [4.69, 9.17) is 38.6 Å². The van der Waals surface area contributed by atoms with Gasteiger partial charge in [0.25, 0.3) is 0 Å². The lowest BCUT2D eigenvalue weighted by Crippen LogP contribution is -2.85. The number of nitrogens with zero attached hydrogens (tertiary/aromatic N) is 2. The monoisotopic (exact) mass is 1060 g/mol. The molecule has 1 spiro atoms. The van der Waals surface area contributed by atoms with Gasteiger partial charge in [0.15, 0.2) is 11.9 Å². The minimum absolute atomic E-state index is 0.0414. The number of piperidine rings is 3. The van der Waals surface area contributed by atoms with Crippen LogP contribution in [0.5, 0.6) is 0 Å². The van der Waals surface area contributed by atoms with E-state index < -0.39 is 91.1 Å². The number of allylic oxidation sites excluding steroid dienone is 1. The number of fused-ring (bicyclic) bond motifs is 5. The molecule has 2 aromatic rings. The van der Waals surface area contributed by atoms with E-state index in [0.29, 0.717) is 80.0 Å². The van der Waals surface area contributed by atoms with Gasteiger partial charge in [-0.05, 0) is 133 Å². The zero-order valence-corrected chi connectivity index (χ0v) is 43.9. The maximum Gasteiger partial charge on any atom is 0.394 e. The number of esters is 1. The third kappa shape index (κ3) is 9.46. The Morgan fingerprint density at radius 1 is 0.863 bits per heavy atom. The number of aliphatic hydroxyl groups is 7. The fraction of sp³-hybridized carbons (Fsp3) is 0.698. The number of hydrogen-bond acceptors (Lipinski definition) is 15. The molecule has 4 heterocycles. The molecule has 4 saturated carbocycles. The molecule has 8 aliphatic rings. The number of carbonyl (C=O) groups is 2. The Balaban J connectivity index is 0.000000196. The summed E-state index contributed by atoms with van der Waals surface area (Å²) in [6.45, 7) is 12.5. The summed E-state index contributed by atoms with van der Waals surface area (Å²) in [5.74, 6) is -4.34. The van der Waals surface area contributed by atoms with Crippen LogP contribution in [0, 0.1) is 34.9 Å². The molecule has 8 fully saturated rings. The van der Waals surface area contributed by atoms with E-state index in [2.05, 4.69) is 16.7 Å². The van der Waals surface area contributed by atoms with E-state index >= 15 is 0 Å². The summed E-state index contributed by atoms with van der Waals surface area (Å²) in [7, 11) is -4.67. The summed E-state index contributed by atoms with van der Waals surface area (Å²) >= 11 is 5.92. The molecular formula is C53H74ClFN2O15S. The first-order valence-corrected chi connectivity index (χ1v) is 27.5. The second kappa shape index (κ2) is 19.8. The first-order valence-electron chi connectivity index (χ1n) is 25.7. The quantitative estimate of drug-likeness (QED) is 0.0746. The normalized spacial score (nSPS) is 41.6. The number of carbonyl (C=O) groups excluding carboxylic acids is 2. The van der Waals surface area contributed by atoms with Crippen LogP contribution >= 0.6 is 11.6 Å². The van der Waals surface area contributed by atoms with Crippen molar-refractivity contribution in [2.24, 2.45) is 29.1 Å². The molecule has 20 heteroatoms. The van der Waals surface area contributed by atoms with E-state index in [9.17, 15) is 49.7 Å². The molecular weight excluding hydrogens is 991 g/mol. The number of Topliss-reactive ketones (excluding diaryl/α,β-unsaturated/α-hetero) is 1. The Bertz CT molecular complexity index is 2520. The lowest BCUT2D eigenvalue weighted by atomic mass is 9.49. The third-order valence-electron chi connectivity index (χ3n) is 19.2. The van der Waals surface area contributed by atoms with Gasteiger partial charge in [-0.3, -0.25) is 18.8 Å². The fourth-order valence-corrected chi connectivity index (χ4v) is 15.3. The largest absolute Gasteiger partial charge is 0.453 e. The molecule has 10 rings (SSSR count). The zero-order valence-electron chi connectivity index (χ0n) is 42.3. The molecule has 0 amide bonds. The van der Waals surface area contributed by atoms with Crippen molar-refractivity contribution in [3.8, 4) is 0 Å². The van der Waals surface area contributed by atoms with Crippen LogP contribution in [0.4, 0.5) is 4.39 Å². The molecule has 406 valence electrons. The molecule has 4 aliphatic heterocycles. The van der Waals surface area contributed by atoms with E-state index in [1.54, 1.807) is 26.8 Å². The topological polar surface area (TPSA) is 275 Å². The van der Waals surface area contributed by atoms with Crippen molar-refractivity contribution >= 4 is 33.8 Å². The van der Waals surface area contributed by atoms with Gasteiger partial charge < -0.3 is 50.1 Å². The maximum atomic E-state index is 12.9. The molecule has 73 heavy (non-hydrogen) atoms. The van der Waals surface area contributed by atoms with E-state index in [1.165, 1.54) is 24.3 Å². The maximum absolute atomic E-state index is 12.9. The smallest absolute Gasteiger partial charge is 0.394 e. The number of ether oxygens (including phenoxy) is 2. The van der Waals surface area contributed by atoms with Crippen molar-refractivity contribution in [1.82, 2.24) is 9.80 Å². The molecule has 0 radical (unpaired) electrons. The second-order valence-electron chi connectivity index (χ2n) is 23.0. The van der Waals surface area contributed by atoms with E-state index in [0.717, 1.165) is 38.0 Å². The highest BCUT2D eigenvalue weighted by Crippen LogP contribution is 2.78. The van der Waals surface area contributed by atoms with Gasteiger partial charge in [0.05, 0.1) is 17.3 Å². The van der Waals surface area contributed by atoms with Crippen LogP contribution in [0.1, 0.15) is 128 Å². The fourth-order valence-electron chi connectivity index (χ4n) is 15.2. The Morgan fingerprint density at radius 3 is 2.10 bits per heavy atom. The number of ketones is 1. The van der Waals surface area contributed by atoms with Gasteiger partial charge in [-0.2, -0.15) is 8.42 Å². The number of rotatable bonds is 8. The molecule has 4 saturated heterocycles. The van der Waals surface area contributed by atoms with Crippen molar-refractivity contribution in [1.29, 1.82) is 0 Å². The van der Waals surface area contributed by atoms with E-state index in [1.807, 2.05) is 31.2 Å². The molecule has 4 aliphatic carbocycles. The van der Waals surface area contributed by atoms with Gasteiger partial charge in [0.1, 0.15) is 28.2 Å². The summed E-state index contributed by atoms with van der Waals surface area (Å²) < 4.78 is 57.1. The van der Waals surface area contributed by atoms with Crippen LogP contribution in [0.15, 0.2) is 60.2 Å². The Labute approximate surface area is 431 Å². The lowest BCUT2D eigenvalue weighted by molar-refractivity contribution is -0.354. The number of likely N-dealkylation sites (tertiary alicyclic amines) is 1. The van der Waals surface area contributed by atoms with Crippen molar-refractivity contribution in [2.75, 3.05) is 32.7 Å². The summed E-state index contributed by atoms with van der Waals surface area (Å²) in [4.78, 5) is 29.3. The number of hydrogen-bond donors (Lipinski definition) is 9. The number of aliphatic hydroxyl groups excluding tert-OH is 1. The number of halogens is 2. The van der Waals surface area contributed by atoms with Gasteiger partial charge in [-0.25, -0.2) is 9.18 Å². The lowest BCUT2D eigenvalue weighted by Gasteiger charge is -2.68. The standard InChI is InChI=1S/C32H49NO9.C21H23ClFNO2.H2O4S/c1-6-18(3)25(35)41-24-11-12-26(4)19-8-9-20-28(37)13-23(34)31(39)21(29(28,38)16-30(20,26)42-32(19,24)40)15-33-14-17(2)7-10-22(33)27(31,5)36;22-18-7-5-17(6-8-18)21(26)11-14-24(15-12-21)13-1-2-20(25)16-3-9-19(23)10-4-16;1-5(2,3)4/h6,17,19-24,34,36-40H,7-16H2,1-5H3;3-10,26H,1-2,11-15H2;(H2,1,2,3,4). The Morgan fingerprint density at radius 2 is 1.48 bits per heavy atom. The van der Waals surface area contributed by atoms with Gasteiger partial charge in [0.2, 0.25) is 5.79 Å². The van der Waals surface area contributed by atoms with Crippen LogP contribution in [0.2, 0.25) is 5.02 Å². The summed E-state index contributed by atoms with van der Waals surface area (Å²) in [5, 5.41) is 85.5. The molecule has 9 N–H and O–H groups in total. The van der Waals surface area contributed by atoms with Crippen molar-refractivity contribution < 1.29 is 76.7 Å². The summed E-state index contributed by atoms with van der Waals surface area (Å²) in [5.41, 5.74) is -8.29. The first kappa shape index (κ1) is 56.2. The minimum atomic E-state index is -4.67. The molecule has 0 aromatic heterocycles. The average molecular weight is 1070 g/mol. The van der Waals surface area contributed by atoms with Crippen LogP contribution in [0.25, 0.3) is 0 Å². The van der Waals surface area contributed by atoms with Crippen LogP contribution < -0.4 is 0 Å². The third-order valence-corrected chi connectivity index (χ3v) is 19.4. The van der Waals surface area contributed by atoms with Gasteiger partial charge in [-0.15, -0.1) is 0 Å². The first-order chi connectivity index (χ1) is 33.9. The summed E-state index contributed by atoms with van der Waals surface area (Å²) in [6.07, 6.45) is 4.84. The van der Waals surface area contributed by atoms with Crippen molar-refractivity contribution in [3.05, 3.63) is 82.1 Å². The molecule has 2 aromatic carbocycles. The highest BCUT2D eigenvalue weighted by atomic mass is 35.5. The average Bonchev–Trinajstić information content (AvgIpc) is 3.49. The summed E-state index contributed by atoms with van der Waals surface area (Å²) in [6, 6.07) is 12.7. The molecule has 4 bridgehead atoms. The highest BCUT2D eigenvalue weighted by molar-refractivity contribution is 7.79. The molecule has 14 atom stereocenters. The Kier molecular flexibility index (Phi) is 15.2. The van der Waals surface area contributed by atoms with Crippen LogP contribution in [0.3, 0.4) is 0 Å². The van der Waals surface area contributed by atoms with Crippen molar-refractivity contribution in [3.63, 3.8) is 0 Å². The van der Waals surface area contributed by atoms with Crippen LogP contribution in [-0.4, -0.2) is 160 Å². The Hall–Kier alpha value is -2.99. The van der Waals surface area contributed by atoms with E-state index in [-0.39, 0.29) is 37.0 Å². The van der Waals surface area contributed by atoms with Gasteiger partial charge >= 0.3 is 16.4 Å². The zero-order chi connectivity index (χ0) is 53.5. The van der Waals surface area contributed by atoms with Crippen LogP contribution in [-0.2, 0) is 30.3 Å². The molecule has 14 unspecified atom stereocenters. The SMILES string of the molecule is CC=C(C)C(=O)OC1CCC2(C)C3CCC4C5(O)CC(O)C6(O)C(CN7CC(C)CCC7C6(C)O)C5(O)CC42OC13O.O=C(CCCN1CCC(O)(c2ccc(Cl)cc2)CC1)c1ccc(F)cc1.O=S(=O)(O)O. The highest BCUT2D eigenvalue weighted by Gasteiger charge is 2.89. The molecule has 17 nitrogen and oxygen atoms in total. The second-order valence-corrected chi connectivity index (χ2v) is 24.4. The minimum Gasteiger partial charge on any atom is -0.453 e. The number of benzene rings is 2. The van der Waals surface area contributed by atoms with Gasteiger partial charge in [-0.1, -0.05) is 43.7 Å². The van der Waals surface area contributed by atoms with Crippen molar-refractivity contribution in [2.45, 2.75) is 169 Å². The predicted molar refractivity (Wildman–Crippen MR) is 265 cm³/mol. The van der Waals surface area contributed by atoms with Gasteiger partial charge in [0, 0.05) is 90.8 Å².